The van der Waals surface area contributed by atoms with Crippen LogP contribution >= 0.6 is 0 Å². The molecule has 0 saturated heterocycles. The van der Waals surface area contributed by atoms with Gasteiger partial charge in [0.05, 0.1) is 18.0 Å². The fourth-order valence-electron chi connectivity index (χ4n) is 4.27. The van der Waals surface area contributed by atoms with Crippen molar-refractivity contribution in [3.8, 4) is 5.75 Å². The first kappa shape index (κ1) is 24.3. The molecule has 0 aromatic heterocycles. The van der Waals surface area contributed by atoms with E-state index in [0.29, 0.717) is 5.75 Å². The van der Waals surface area contributed by atoms with E-state index < -0.39 is 16.1 Å². The zero-order chi connectivity index (χ0) is 23.0. The van der Waals surface area contributed by atoms with Gasteiger partial charge in [0, 0.05) is 19.5 Å². The number of amides is 1. The number of hydrogen-bond donors (Lipinski definition) is 1. The number of methoxy groups -OCH3 is 1. The Balaban J connectivity index is 1.82. The van der Waals surface area contributed by atoms with Gasteiger partial charge in [-0.2, -0.15) is 4.31 Å². The number of carbonyl (C=O) groups is 1. The SMILES string of the molecule is COc1ccc([C@H](CC(=O)NC2CCCCCCC2)N(C)S(=O)(=O)c2ccccc2)cc1. The lowest BCUT2D eigenvalue weighted by Crippen LogP contribution is -2.39. The Morgan fingerprint density at radius 2 is 1.59 bits per heavy atom. The smallest absolute Gasteiger partial charge is 0.243 e. The fourth-order valence-corrected chi connectivity index (χ4v) is 5.64. The second-order valence-corrected chi connectivity index (χ2v) is 10.4. The summed E-state index contributed by atoms with van der Waals surface area (Å²) in [5.41, 5.74) is 0.751. The van der Waals surface area contributed by atoms with Gasteiger partial charge in [-0.15, -0.1) is 0 Å². The van der Waals surface area contributed by atoms with Crippen LogP contribution < -0.4 is 10.1 Å². The van der Waals surface area contributed by atoms with Crippen molar-refractivity contribution in [2.45, 2.75) is 68.3 Å². The van der Waals surface area contributed by atoms with Crippen LogP contribution in [0.25, 0.3) is 0 Å². The third-order valence-corrected chi connectivity index (χ3v) is 8.09. The normalized spacial score (nSPS) is 16.7. The van der Waals surface area contributed by atoms with E-state index in [2.05, 4.69) is 5.32 Å². The van der Waals surface area contributed by atoms with Crippen LogP contribution in [0.5, 0.6) is 5.75 Å². The molecule has 174 valence electrons. The molecule has 0 heterocycles. The third-order valence-electron chi connectivity index (χ3n) is 6.21. The van der Waals surface area contributed by atoms with Crippen molar-refractivity contribution in [3.63, 3.8) is 0 Å². The molecule has 2 aromatic carbocycles. The first-order valence-corrected chi connectivity index (χ1v) is 12.8. The number of carbonyl (C=O) groups excluding carboxylic acids is 1. The van der Waals surface area contributed by atoms with Gasteiger partial charge in [-0.3, -0.25) is 4.79 Å². The maximum atomic E-state index is 13.3. The second kappa shape index (κ2) is 11.5. The van der Waals surface area contributed by atoms with Crippen LogP contribution in [0.3, 0.4) is 0 Å². The first-order valence-electron chi connectivity index (χ1n) is 11.4. The van der Waals surface area contributed by atoms with E-state index in [1.54, 1.807) is 56.6 Å². The molecular formula is C25H34N2O4S. The maximum absolute atomic E-state index is 13.3. The van der Waals surface area contributed by atoms with Gasteiger partial charge in [0.25, 0.3) is 0 Å². The van der Waals surface area contributed by atoms with Crippen LogP contribution in [0.1, 0.15) is 63.0 Å². The van der Waals surface area contributed by atoms with E-state index in [4.69, 9.17) is 4.74 Å². The van der Waals surface area contributed by atoms with Gasteiger partial charge < -0.3 is 10.1 Å². The summed E-state index contributed by atoms with van der Waals surface area (Å²) in [6, 6.07) is 15.1. The van der Waals surface area contributed by atoms with Crippen molar-refractivity contribution in [1.29, 1.82) is 0 Å². The Morgan fingerprint density at radius 1 is 1.00 bits per heavy atom. The van der Waals surface area contributed by atoms with Crippen molar-refractivity contribution in [1.82, 2.24) is 9.62 Å². The van der Waals surface area contributed by atoms with Gasteiger partial charge in [0.1, 0.15) is 5.75 Å². The van der Waals surface area contributed by atoms with Gasteiger partial charge in [-0.1, -0.05) is 62.4 Å². The van der Waals surface area contributed by atoms with E-state index in [9.17, 15) is 13.2 Å². The quantitative estimate of drug-likeness (QED) is 0.623. The Hall–Kier alpha value is -2.38. The summed E-state index contributed by atoms with van der Waals surface area (Å²) in [7, 11) is -0.643. The predicted octanol–water partition coefficient (Wildman–Crippen LogP) is 4.68. The van der Waals surface area contributed by atoms with E-state index in [-0.39, 0.29) is 23.3 Å². The van der Waals surface area contributed by atoms with E-state index in [1.165, 1.54) is 23.6 Å². The van der Waals surface area contributed by atoms with E-state index in [1.807, 2.05) is 12.1 Å². The molecule has 2 aromatic rings. The average molecular weight is 459 g/mol. The maximum Gasteiger partial charge on any atom is 0.243 e. The van der Waals surface area contributed by atoms with Crippen LogP contribution in [0.2, 0.25) is 0 Å². The highest BCUT2D eigenvalue weighted by molar-refractivity contribution is 7.89. The van der Waals surface area contributed by atoms with Crippen LogP contribution in [-0.2, 0) is 14.8 Å². The highest BCUT2D eigenvalue weighted by Crippen LogP contribution is 2.30. The van der Waals surface area contributed by atoms with Crippen molar-refractivity contribution < 1.29 is 17.9 Å². The summed E-state index contributed by atoms with van der Waals surface area (Å²) < 4.78 is 33.1. The molecule has 1 aliphatic rings. The topological polar surface area (TPSA) is 75.7 Å². The molecule has 6 nitrogen and oxygen atoms in total. The van der Waals surface area contributed by atoms with Crippen molar-refractivity contribution in [3.05, 3.63) is 60.2 Å². The molecule has 1 N–H and O–H groups in total. The molecule has 1 atom stereocenters. The molecule has 0 radical (unpaired) electrons. The lowest BCUT2D eigenvalue weighted by Gasteiger charge is -2.29. The monoisotopic (exact) mass is 458 g/mol. The van der Waals surface area contributed by atoms with E-state index >= 15 is 0 Å². The Labute approximate surface area is 192 Å². The molecule has 0 unspecified atom stereocenters. The minimum atomic E-state index is -3.77. The molecule has 1 amide bonds. The minimum absolute atomic E-state index is 0.0609. The zero-order valence-electron chi connectivity index (χ0n) is 19.0. The van der Waals surface area contributed by atoms with Crippen LogP contribution in [0.15, 0.2) is 59.5 Å². The molecule has 0 bridgehead atoms. The largest absolute Gasteiger partial charge is 0.497 e. The van der Waals surface area contributed by atoms with Crippen molar-refractivity contribution in [2.75, 3.05) is 14.2 Å². The number of nitrogens with one attached hydrogen (secondary N) is 1. The summed E-state index contributed by atoms with van der Waals surface area (Å²) in [4.78, 5) is 13.2. The molecule has 7 heteroatoms. The molecule has 0 spiro atoms. The minimum Gasteiger partial charge on any atom is -0.497 e. The number of nitrogens with zero attached hydrogens (tertiary/aromatic N) is 1. The summed E-state index contributed by atoms with van der Waals surface area (Å²) >= 11 is 0. The standard InChI is InChI=1S/C25H34N2O4S/c1-27(32(29,30)23-13-9-6-10-14-23)24(20-15-17-22(31-2)18-16-20)19-25(28)26-21-11-7-4-3-5-8-12-21/h6,9-10,13-18,21,24H,3-5,7-8,11-12,19H2,1-2H3,(H,26,28)/t24-/m0/s1. The molecular weight excluding hydrogens is 424 g/mol. The molecule has 1 saturated carbocycles. The van der Waals surface area contributed by atoms with E-state index in [0.717, 1.165) is 31.2 Å². The van der Waals surface area contributed by atoms with Crippen LogP contribution in [0.4, 0.5) is 0 Å². The average Bonchev–Trinajstić information content (AvgIpc) is 2.79. The number of hydrogen-bond acceptors (Lipinski definition) is 4. The summed E-state index contributed by atoms with van der Waals surface area (Å²) in [5, 5.41) is 3.17. The third kappa shape index (κ3) is 6.33. The molecule has 0 aliphatic heterocycles. The van der Waals surface area contributed by atoms with Gasteiger partial charge in [0.2, 0.25) is 15.9 Å². The highest BCUT2D eigenvalue weighted by Gasteiger charge is 2.31. The number of benzene rings is 2. The van der Waals surface area contributed by atoms with Gasteiger partial charge in [-0.05, 0) is 42.7 Å². The number of rotatable bonds is 8. The molecule has 32 heavy (non-hydrogen) atoms. The number of ether oxygens (including phenoxy) is 1. The first-order chi connectivity index (χ1) is 15.4. The lowest BCUT2D eigenvalue weighted by molar-refractivity contribution is -0.122. The van der Waals surface area contributed by atoms with Gasteiger partial charge in [-0.25, -0.2) is 8.42 Å². The second-order valence-electron chi connectivity index (χ2n) is 8.44. The van der Waals surface area contributed by atoms with Crippen LogP contribution in [0, 0.1) is 0 Å². The predicted molar refractivity (Wildman–Crippen MR) is 126 cm³/mol. The Bertz CT molecular complexity index is 953. The molecule has 3 rings (SSSR count). The van der Waals surface area contributed by atoms with Crippen molar-refractivity contribution in [2.24, 2.45) is 0 Å². The molecule has 1 aliphatic carbocycles. The molecule has 1 fully saturated rings. The van der Waals surface area contributed by atoms with Gasteiger partial charge >= 0.3 is 0 Å². The zero-order valence-corrected chi connectivity index (χ0v) is 19.8. The Morgan fingerprint density at radius 3 is 2.19 bits per heavy atom. The lowest BCUT2D eigenvalue weighted by atomic mass is 9.96. The highest BCUT2D eigenvalue weighted by atomic mass is 32.2. The summed E-state index contributed by atoms with van der Waals surface area (Å²) in [6.07, 6.45) is 7.95. The summed E-state index contributed by atoms with van der Waals surface area (Å²) in [6.45, 7) is 0. The summed E-state index contributed by atoms with van der Waals surface area (Å²) in [5.74, 6) is 0.562. The Kier molecular flexibility index (Phi) is 8.70. The van der Waals surface area contributed by atoms with Gasteiger partial charge in [0.15, 0.2) is 0 Å². The number of sulfonamides is 1. The van der Waals surface area contributed by atoms with Crippen LogP contribution in [-0.4, -0.2) is 38.8 Å². The van der Waals surface area contributed by atoms with Crippen molar-refractivity contribution >= 4 is 15.9 Å². The fraction of sp³-hybridized carbons (Fsp3) is 0.480.